The molecule has 32 heavy (non-hydrogen) atoms. The fraction of sp³-hybridized carbons (Fsp3) is 0.478. The predicted octanol–water partition coefficient (Wildman–Crippen LogP) is 3.47. The van der Waals surface area contributed by atoms with E-state index < -0.39 is 6.61 Å². The summed E-state index contributed by atoms with van der Waals surface area (Å²) in [6.07, 6.45) is 1.97. The number of nitrogens with zero attached hydrogens (tertiary/aromatic N) is 3. The van der Waals surface area contributed by atoms with Crippen LogP contribution in [0.2, 0.25) is 0 Å². The van der Waals surface area contributed by atoms with Crippen LogP contribution in [0, 0.1) is 6.92 Å². The minimum Gasteiger partial charge on any atom is -0.434 e. The molecule has 2 heterocycles. The van der Waals surface area contributed by atoms with E-state index in [9.17, 15) is 8.78 Å². The largest absolute Gasteiger partial charge is 0.434 e. The molecule has 0 bridgehead atoms. The van der Waals surface area contributed by atoms with Gasteiger partial charge in [0.1, 0.15) is 11.6 Å². The van der Waals surface area contributed by atoms with Crippen molar-refractivity contribution < 1.29 is 18.3 Å². The average molecular weight is 448 g/mol. The van der Waals surface area contributed by atoms with E-state index in [4.69, 9.17) is 4.74 Å². The quantitative estimate of drug-likeness (QED) is 0.477. The topological polar surface area (TPSA) is 71.0 Å². The van der Waals surface area contributed by atoms with Crippen molar-refractivity contribution in [3.05, 3.63) is 53.2 Å². The minimum absolute atomic E-state index is 0.160. The van der Waals surface area contributed by atoms with Crippen LogP contribution < -0.4 is 20.3 Å². The Kier molecular flexibility index (Phi) is 8.61. The van der Waals surface area contributed by atoms with Gasteiger partial charge in [0, 0.05) is 37.9 Å². The molecule has 1 fully saturated rings. The summed E-state index contributed by atoms with van der Waals surface area (Å²) >= 11 is 0. The third kappa shape index (κ3) is 7.05. The molecule has 7 nitrogen and oxygen atoms in total. The molecule has 1 atom stereocenters. The van der Waals surface area contributed by atoms with Gasteiger partial charge < -0.3 is 25.0 Å². The Balaban J connectivity index is 1.67. The summed E-state index contributed by atoms with van der Waals surface area (Å²) in [4.78, 5) is 11.4. The summed E-state index contributed by atoms with van der Waals surface area (Å²) < 4.78 is 35.7. The number of aromatic nitrogens is 1. The molecule has 174 valence electrons. The zero-order valence-electron chi connectivity index (χ0n) is 18.8. The van der Waals surface area contributed by atoms with Gasteiger partial charge in [-0.05, 0) is 44.5 Å². The molecule has 1 unspecified atom stereocenters. The average Bonchev–Trinajstić information content (AvgIpc) is 2.77. The lowest BCUT2D eigenvalue weighted by molar-refractivity contribution is -0.0504. The highest BCUT2D eigenvalue weighted by atomic mass is 19.3. The Morgan fingerprint density at radius 1 is 1.31 bits per heavy atom. The molecule has 1 aliphatic rings. The van der Waals surface area contributed by atoms with Crippen LogP contribution in [0.3, 0.4) is 0 Å². The van der Waals surface area contributed by atoms with Gasteiger partial charge in [-0.2, -0.15) is 8.78 Å². The molecule has 1 saturated heterocycles. The number of anilines is 1. The van der Waals surface area contributed by atoms with E-state index in [0.717, 1.165) is 30.0 Å². The van der Waals surface area contributed by atoms with Gasteiger partial charge >= 0.3 is 6.61 Å². The minimum atomic E-state index is -2.87. The van der Waals surface area contributed by atoms with Crippen molar-refractivity contribution in [1.29, 1.82) is 0 Å². The second-order valence-electron chi connectivity index (χ2n) is 7.69. The summed E-state index contributed by atoms with van der Waals surface area (Å²) in [5.74, 6) is 1.67. The monoisotopic (exact) mass is 447 g/mol. The van der Waals surface area contributed by atoms with Crippen LogP contribution in [0.4, 0.5) is 14.6 Å². The molecule has 0 aliphatic carbocycles. The Labute approximate surface area is 187 Å². The van der Waals surface area contributed by atoms with E-state index in [1.807, 2.05) is 32.0 Å². The van der Waals surface area contributed by atoms with Gasteiger partial charge in [0.25, 0.3) is 0 Å². The molecule has 1 aromatic carbocycles. The summed E-state index contributed by atoms with van der Waals surface area (Å²) in [5.41, 5.74) is 2.64. The molecule has 3 rings (SSSR count). The van der Waals surface area contributed by atoms with Crippen LogP contribution >= 0.6 is 0 Å². The van der Waals surface area contributed by atoms with E-state index >= 15 is 0 Å². The van der Waals surface area contributed by atoms with Crippen LogP contribution in [0.1, 0.15) is 30.5 Å². The van der Waals surface area contributed by atoms with Gasteiger partial charge in [0.2, 0.25) is 0 Å². The third-order valence-electron chi connectivity index (χ3n) is 5.02. The zero-order valence-corrected chi connectivity index (χ0v) is 18.8. The van der Waals surface area contributed by atoms with Crippen LogP contribution in [0.15, 0.2) is 41.5 Å². The SMILES string of the molecule is CCNC(=NCc1ccnc(N2CCOC(C)C2)c1)NCc1cc(C)ccc1OC(F)F. The van der Waals surface area contributed by atoms with Crippen LogP contribution in [-0.4, -0.2) is 49.9 Å². The first-order valence-corrected chi connectivity index (χ1v) is 10.8. The van der Waals surface area contributed by atoms with E-state index in [1.165, 1.54) is 0 Å². The number of rotatable bonds is 8. The number of morpholine rings is 1. The Morgan fingerprint density at radius 3 is 2.91 bits per heavy atom. The number of hydrogen-bond donors (Lipinski definition) is 2. The molecule has 1 aliphatic heterocycles. The third-order valence-corrected chi connectivity index (χ3v) is 5.02. The van der Waals surface area contributed by atoms with Crippen LogP contribution in [0.5, 0.6) is 5.75 Å². The number of benzene rings is 1. The second-order valence-corrected chi connectivity index (χ2v) is 7.69. The van der Waals surface area contributed by atoms with E-state index in [-0.39, 0.29) is 11.9 Å². The van der Waals surface area contributed by atoms with Gasteiger partial charge in [0.05, 0.1) is 19.3 Å². The number of hydrogen-bond acceptors (Lipinski definition) is 5. The van der Waals surface area contributed by atoms with Crippen molar-refractivity contribution in [2.45, 2.75) is 46.6 Å². The first-order valence-electron chi connectivity index (χ1n) is 10.8. The molecule has 1 aromatic heterocycles. The van der Waals surface area contributed by atoms with Gasteiger partial charge in [-0.3, -0.25) is 0 Å². The van der Waals surface area contributed by atoms with Gasteiger partial charge in [-0.15, -0.1) is 0 Å². The molecule has 0 spiro atoms. The maximum atomic E-state index is 12.7. The highest BCUT2D eigenvalue weighted by Crippen LogP contribution is 2.22. The van der Waals surface area contributed by atoms with Gasteiger partial charge in [0.15, 0.2) is 5.96 Å². The van der Waals surface area contributed by atoms with Crippen LogP contribution in [0.25, 0.3) is 0 Å². The Morgan fingerprint density at radius 2 is 2.16 bits per heavy atom. The number of pyridine rings is 1. The number of halogens is 2. The maximum absolute atomic E-state index is 12.7. The normalized spacial score (nSPS) is 16.9. The highest BCUT2D eigenvalue weighted by Gasteiger charge is 2.18. The highest BCUT2D eigenvalue weighted by molar-refractivity contribution is 5.79. The van der Waals surface area contributed by atoms with Crippen molar-refractivity contribution >= 4 is 11.8 Å². The number of guanidine groups is 1. The fourth-order valence-corrected chi connectivity index (χ4v) is 3.51. The zero-order chi connectivity index (χ0) is 22.9. The maximum Gasteiger partial charge on any atom is 0.387 e. The number of nitrogens with one attached hydrogen (secondary N) is 2. The van der Waals surface area contributed by atoms with E-state index in [0.29, 0.717) is 37.8 Å². The lowest BCUT2D eigenvalue weighted by Crippen LogP contribution is -2.41. The van der Waals surface area contributed by atoms with Crippen LogP contribution in [-0.2, 0) is 17.8 Å². The standard InChI is InChI=1S/C23H31F2N5O2/c1-4-26-23(29-14-19-11-16(2)5-6-20(19)32-22(24)25)28-13-18-7-8-27-21(12-18)30-9-10-31-17(3)15-30/h5-8,11-12,17,22H,4,9-10,13-15H2,1-3H3,(H2,26,28,29). The van der Waals surface area contributed by atoms with E-state index in [2.05, 4.69) is 37.2 Å². The van der Waals surface area contributed by atoms with Crippen molar-refractivity contribution in [2.75, 3.05) is 31.1 Å². The van der Waals surface area contributed by atoms with Crippen molar-refractivity contribution in [1.82, 2.24) is 15.6 Å². The lowest BCUT2D eigenvalue weighted by atomic mass is 10.1. The summed E-state index contributed by atoms with van der Waals surface area (Å²) in [6.45, 7) is 6.82. The molecule has 2 N–H and O–H groups in total. The fourth-order valence-electron chi connectivity index (χ4n) is 3.51. The molecule has 0 saturated carbocycles. The Bertz CT molecular complexity index is 910. The predicted molar refractivity (Wildman–Crippen MR) is 121 cm³/mol. The summed E-state index contributed by atoms with van der Waals surface area (Å²) in [7, 11) is 0. The molecule has 2 aromatic rings. The van der Waals surface area contributed by atoms with E-state index in [1.54, 1.807) is 18.3 Å². The number of aryl methyl sites for hydroxylation is 1. The number of aliphatic imine (C=N–C) groups is 1. The molecule has 0 amide bonds. The first kappa shape index (κ1) is 23.7. The first-order chi connectivity index (χ1) is 15.4. The smallest absolute Gasteiger partial charge is 0.387 e. The number of ether oxygens (including phenoxy) is 2. The Hall–Kier alpha value is -2.94. The molecule has 0 radical (unpaired) electrons. The van der Waals surface area contributed by atoms with Gasteiger partial charge in [-0.1, -0.05) is 17.7 Å². The van der Waals surface area contributed by atoms with Crippen molar-refractivity contribution in [3.63, 3.8) is 0 Å². The lowest BCUT2D eigenvalue weighted by Gasteiger charge is -2.32. The second kappa shape index (κ2) is 11.6. The summed E-state index contributed by atoms with van der Waals surface area (Å²) in [6, 6.07) is 9.12. The van der Waals surface area contributed by atoms with Crippen molar-refractivity contribution in [2.24, 2.45) is 4.99 Å². The molecular weight excluding hydrogens is 416 g/mol. The molecular formula is C23H31F2N5O2. The molecule has 9 heteroatoms. The summed E-state index contributed by atoms with van der Waals surface area (Å²) in [5, 5.41) is 6.39. The number of alkyl halides is 2. The van der Waals surface area contributed by atoms with Gasteiger partial charge in [-0.25, -0.2) is 9.98 Å². The van der Waals surface area contributed by atoms with Crippen molar-refractivity contribution in [3.8, 4) is 5.75 Å².